The summed E-state index contributed by atoms with van der Waals surface area (Å²) in [6.45, 7) is 0. The number of nitriles is 1. The fourth-order valence-corrected chi connectivity index (χ4v) is 12.9. The summed E-state index contributed by atoms with van der Waals surface area (Å²) >= 11 is 0. The average Bonchev–Trinajstić information content (AvgIpc) is 4.00. The molecule has 292 valence electrons. The Morgan fingerprint density at radius 2 is 0.919 bits per heavy atom. The average molecular weight is 815 g/mol. The van der Waals surface area contributed by atoms with Crippen molar-refractivity contribution < 1.29 is 0 Å². The highest BCUT2D eigenvalue weighted by molar-refractivity contribution is 8.34. The monoisotopic (exact) mass is 814 g/mol. The molecule has 0 aliphatic heterocycles. The molecule has 0 atom stereocenters. The minimum atomic E-state index is -1.91. The quantitative estimate of drug-likeness (QED) is 0.160. The van der Waals surface area contributed by atoms with Crippen LogP contribution in [-0.2, 0) is 0 Å². The Kier molecular flexibility index (Phi) is 8.13. The van der Waals surface area contributed by atoms with Crippen molar-refractivity contribution in [1.82, 2.24) is 33.5 Å². The van der Waals surface area contributed by atoms with Crippen LogP contribution < -0.4 is 0 Å². The Morgan fingerprint density at radius 1 is 0.403 bits per heavy atom. The van der Waals surface area contributed by atoms with E-state index in [9.17, 15) is 5.26 Å². The molecule has 0 aliphatic rings. The molecular formula is C53H34N8S. The van der Waals surface area contributed by atoms with Gasteiger partial charge in [0, 0.05) is 35.9 Å². The van der Waals surface area contributed by atoms with Gasteiger partial charge in [0.05, 0.1) is 44.7 Å². The largest absolute Gasteiger partial charge is 0.278 e. The molecule has 0 fully saturated rings. The summed E-state index contributed by atoms with van der Waals surface area (Å²) in [5.74, 6) is 2.11. The third kappa shape index (κ3) is 5.34. The van der Waals surface area contributed by atoms with Crippen molar-refractivity contribution in [2.24, 2.45) is 0 Å². The van der Waals surface area contributed by atoms with E-state index in [2.05, 4.69) is 161 Å². The summed E-state index contributed by atoms with van der Waals surface area (Å²) in [7, 11) is -1.91. The number of para-hydroxylation sites is 5. The first-order chi connectivity index (χ1) is 30.7. The number of hydrogen-bond acceptors (Lipinski definition) is 5. The SMILES string of the molecule is N#Cc1ccc2c(c1)c1ccccc1n2-c1nc(-c2ccc(S(c3ccccc3)(c3ccccc3)c3ccccc3)cc2)nc(-n2c3ccccc3n3c4ccccc4nc23)n1. The molecular weight excluding hydrogens is 781 g/mol. The first-order valence-corrected chi connectivity index (χ1v) is 22.0. The third-order valence-electron chi connectivity index (χ3n) is 11.7. The van der Waals surface area contributed by atoms with Crippen LogP contribution in [0.15, 0.2) is 226 Å². The van der Waals surface area contributed by atoms with Gasteiger partial charge >= 0.3 is 0 Å². The van der Waals surface area contributed by atoms with Crippen LogP contribution in [0.3, 0.4) is 0 Å². The fraction of sp³-hybridized carbons (Fsp3) is 0. The summed E-state index contributed by atoms with van der Waals surface area (Å²) in [5, 5.41) is 11.8. The molecule has 0 saturated carbocycles. The van der Waals surface area contributed by atoms with Crippen LogP contribution in [0.1, 0.15) is 5.56 Å². The minimum absolute atomic E-state index is 0.438. The first-order valence-electron chi connectivity index (χ1n) is 20.4. The maximum Gasteiger partial charge on any atom is 0.242 e. The lowest BCUT2D eigenvalue weighted by Gasteiger charge is -2.42. The van der Waals surface area contributed by atoms with Crippen LogP contribution >= 0.6 is 10.0 Å². The van der Waals surface area contributed by atoms with E-state index in [1.165, 1.54) is 19.6 Å². The molecule has 0 bridgehead atoms. The number of hydrogen-bond donors (Lipinski definition) is 0. The van der Waals surface area contributed by atoms with Gasteiger partial charge in [-0.05, 0) is 97.1 Å². The summed E-state index contributed by atoms with van der Waals surface area (Å²) < 4.78 is 6.29. The van der Waals surface area contributed by atoms with Crippen LogP contribution in [0.4, 0.5) is 0 Å². The Morgan fingerprint density at radius 3 is 1.56 bits per heavy atom. The second kappa shape index (κ2) is 14.2. The summed E-state index contributed by atoms with van der Waals surface area (Å²) in [6, 6.07) is 74.0. The normalized spacial score (nSPS) is 12.1. The Labute approximate surface area is 357 Å². The Balaban J connectivity index is 1.13. The molecule has 0 unspecified atom stereocenters. The van der Waals surface area contributed by atoms with E-state index < -0.39 is 10.0 Å². The predicted molar refractivity (Wildman–Crippen MR) is 247 cm³/mol. The Bertz CT molecular complexity index is 3600. The lowest BCUT2D eigenvalue weighted by molar-refractivity contribution is 0.884. The maximum atomic E-state index is 9.89. The highest BCUT2D eigenvalue weighted by Gasteiger charge is 2.33. The zero-order valence-electron chi connectivity index (χ0n) is 33.1. The van der Waals surface area contributed by atoms with Gasteiger partial charge in [0.2, 0.25) is 17.7 Å². The van der Waals surface area contributed by atoms with Gasteiger partial charge in [0.25, 0.3) is 0 Å². The molecule has 0 aliphatic carbocycles. The molecule has 0 spiro atoms. The maximum absolute atomic E-state index is 9.89. The van der Waals surface area contributed by atoms with Gasteiger partial charge in [-0.1, -0.05) is 109 Å². The molecule has 0 radical (unpaired) electrons. The summed E-state index contributed by atoms with van der Waals surface area (Å²) in [4.78, 5) is 26.0. The second-order valence-corrected chi connectivity index (χ2v) is 18.2. The zero-order chi connectivity index (χ0) is 41.2. The van der Waals surface area contributed by atoms with Gasteiger partial charge in [-0.25, -0.2) is 9.55 Å². The van der Waals surface area contributed by atoms with Gasteiger partial charge in [-0.15, -0.1) is 10.0 Å². The van der Waals surface area contributed by atoms with E-state index in [1.807, 2.05) is 65.2 Å². The fourth-order valence-electron chi connectivity index (χ4n) is 8.99. The standard InChI is InChI=1S/C53H34N8S/c54-35-36-28-33-46-43(34-36)42-22-10-12-24-45(42)59(46)51-56-50(57-52(58-51)61-49-27-15-14-26-48(49)60-47-25-13-11-23-44(47)55-53(60)61)37-29-31-41(32-30-37)62(38-16-4-1-5-17-38,39-18-6-2-7-19-39)40-20-8-3-9-21-40/h1-34H. The van der Waals surface area contributed by atoms with E-state index in [0.29, 0.717) is 29.1 Å². The van der Waals surface area contributed by atoms with E-state index in [-0.39, 0.29) is 0 Å². The first kappa shape index (κ1) is 35.6. The molecule has 4 aromatic heterocycles. The zero-order valence-corrected chi connectivity index (χ0v) is 33.9. The topological polar surface area (TPSA) is 89.6 Å². The van der Waals surface area contributed by atoms with Crippen LogP contribution in [0.25, 0.3) is 72.9 Å². The summed E-state index contributed by atoms with van der Waals surface area (Å²) in [5.41, 5.74) is 7.03. The van der Waals surface area contributed by atoms with Crippen LogP contribution in [-0.4, -0.2) is 33.5 Å². The molecule has 0 saturated heterocycles. The molecule has 9 heteroatoms. The molecule has 8 nitrogen and oxygen atoms in total. The predicted octanol–water partition coefficient (Wildman–Crippen LogP) is 12.6. The molecule has 12 rings (SSSR count). The van der Waals surface area contributed by atoms with Gasteiger partial charge < -0.3 is 0 Å². The Hall–Kier alpha value is -8.32. The molecule has 0 N–H and O–H groups in total. The van der Waals surface area contributed by atoms with Crippen molar-refractivity contribution in [3.63, 3.8) is 0 Å². The smallest absolute Gasteiger partial charge is 0.242 e. The van der Waals surface area contributed by atoms with Gasteiger partial charge in [0.15, 0.2) is 5.82 Å². The number of imidazole rings is 2. The van der Waals surface area contributed by atoms with E-state index >= 15 is 0 Å². The van der Waals surface area contributed by atoms with Crippen molar-refractivity contribution in [3.05, 3.63) is 212 Å². The number of fused-ring (bicyclic) bond motifs is 8. The second-order valence-electron chi connectivity index (χ2n) is 15.1. The van der Waals surface area contributed by atoms with Crippen LogP contribution in [0.5, 0.6) is 0 Å². The number of aromatic nitrogens is 7. The van der Waals surface area contributed by atoms with Crippen LogP contribution in [0, 0.1) is 11.3 Å². The minimum Gasteiger partial charge on any atom is -0.278 e. The highest BCUT2D eigenvalue weighted by Crippen LogP contribution is 2.73. The van der Waals surface area contributed by atoms with Gasteiger partial charge in [0.1, 0.15) is 0 Å². The van der Waals surface area contributed by atoms with Crippen molar-refractivity contribution in [2.75, 3.05) is 0 Å². The van der Waals surface area contributed by atoms with Crippen molar-refractivity contribution >= 4 is 59.7 Å². The van der Waals surface area contributed by atoms with Crippen LogP contribution in [0.2, 0.25) is 0 Å². The van der Waals surface area contributed by atoms with Crippen molar-refractivity contribution in [3.8, 4) is 29.4 Å². The number of nitrogens with zero attached hydrogens (tertiary/aromatic N) is 8. The highest BCUT2D eigenvalue weighted by atomic mass is 32.3. The van der Waals surface area contributed by atoms with Gasteiger partial charge in [-0.3, -0.25) is 8.97 Å². The molecule has 0 amide bonds. The lowest BCUT2D eigenvalue weighted by Crippen LogP contribution is -2.10. The molecule has 12 aromatic rings. The third-order valence-corrected chi connectivity index (χ3v) is 15.6. The van der Waals surface area contributed by atoms with Crippen molar-refractivity contribution in [1.29, 1.82) is 5.26 Å². The van der Waals surface area contributed by atoms with E-state index in [4.69, 9.17) is 19.9 Å². The number of rotatable bonds is 7. The lowest BCUT2D eigenvalue weighted by atomic mass is 10.1. The molecule has 8 aromatic carbocycles. The van der Waals surface area contributed by atoms with Crippen molar-refractivity contribution in [2.45, 2.75) is 19.6 Å². The van der Waals surface area contributed by atoms with Gasteiger partial charge in [-0.2, -0.15) is 20.2 Å². The van der Waals surface area contributed by atoms with E-state index in [0.717, 1.165) is 49.4 Å². The van der Waals surface area contributed by atoms with E-state index in [1.54, 1.807) is 0 Å². The number of benzene rings is 8. The summed E-state index contributed by atoms with van der Waals surface area (Å²) in [6.07, 6.45) is 0. The molecule has 4 heterocycles. The molecule has 62 heavy (non-hydrogen) atoms.